The van der Waals surface area contributed by atoms with Crippen molar-refractivity contribution in [3.05, 3.63) is 83.9 Å². The molecule has 0 bridgehead atoms. The lowest BCUT2D eigenvalue weighted by molar-refractivity contribution is -0.114. The second-order valence-electron chi connectivity index (χ2n) is 6.89. The van der Waals surface area contributed by atoms with Crippen LogP contribution in [0.15, 0.2) is 77.7 Å². The van der Waals surface area contributed by atoms with Gasteiger partial charge in [0.15, 0.2) is 0 Å². The maximum atomic E-state index is 12.7. The first-order valence-corrected chi connectivity index (χ1v) is 11.2. The zero-order valence-electron chi connectivity index (χ0n) is 17.6. The van der Waals surface area contributed by atoms with Gasteiger partial charge in [0.05, 0.1) is 17.7 Å². The first-order valence-electron chi connectivity index (χ1n) is 9.69. The highest BCUT2D eigenvalue weighted by Gasteiger charge is 2.17. The predicted molar refractivity (Wildman–Crippen MR) is 122 cm³/mol. The Morgan fingerprint density at radius 3 is 2.19 bits per heavy atom. The first kappa shape index (κ1) is 22.8. The summed E-state index contributed by atoms with van der Waals surface area (Å²) in [6.45, 7) is 1.72. The van der Waals surface area contributed by atoms with Crippen LogP contribution in [0, 0.1) is 0 Å². The van der Waals surface area contributed by atoms with Gasteiger partial charge < -0.3 is 15.4 Å². The molecule has 2 amide bonds. The van der Waals surface area contributed by atoms with Crippen LogP contribution in [0.5, 0.6) is 5.75 Å². The number of benzene rings is 3. The zero-order chi connectivity index (χ0) is 23.1. The second kappa shape index (κ2) is 9.97. The van der Waals surface area contributed by atoms with Crippen molar-refractivity contribution < 1.29 is 22.7 Å². The lowest BCUT2D eigenvalue weighted by atomic mass is 10.2. The molecule has 0 unspecified atom stereocenters. The molecule has 0 radical (unpaired) electrons. The normalized spacial score (nSPS) is 10.8. The highest BCUT2D eigenvalue weighted by molar-refractivity contribution is 7.92. The number of anilines is 2. The minimum Gasteiger partial charge on any atom is -0.495 e. The third kappa shape index (κ3) is 5.86. The van der Waals surface area contributed by atoms with Gasteiger partial charge >= 0.3 is 0 Å². The average Bonchev–Trinajstić information content (AvgIpc) is 2.78. The van der Waals surface area contributed by atoms with E-state index in [1.807, 2.05) is 0 Å². The number of amides is 2. The Morgan fingerprint density at radius 2 is 1.56 bits per heavy atom. The molecule has 0 saturated heterocycles. The van der Waals surface area contributed by atoms with Gasteiger partial charge in [-0.25, -0.2) is 8.42 Å². The number of carbonyl (C=O) groups is 2. The number of hydrogen-bond acceptors (Lipinski definition) is 5. The number of nitrogens with one attached hydrogen (secondary N) is 3. The van der Waals surface area contributed by atoms with Crippen LogP contribution in [0.25, 0.3) is 0 Å². The van der Waals surface area contributed by atoms with Gasteiger partial charge in [-0.3, -0.25) is 14.3 Å². The Hall–Kier alpha value is -3.85. The highest BCUT2D eigenvalue weighted by Crippen LogP contribution is 2.26. The standard InChI is InChI=1S/C23H23N3O5S/c1-16(27)25-19-11-7-17(8-12-19)15-24-23(28)18-9-13-20(14-10-18)32(29,30)26-21-5-3-4-6-22(21)31-2/h3-14,26H,15H2,1-2H3,(H,24,28)(H,25,27). The zero-order valence-corrected chi connectivity index (χ0v) is 18.4. The fourth-order valence-corrected chi connectivity index (χ4v) is 3.98. The molecule has 0 aliphatic carbocycles. The highest BCUT2D eigenvalue weighted by atomic mass is 32.2. The van der Waals surface area contributed by atoms with E-state index in [0.717, 1.165) is 5.56 Å². The maximum Gasteiger partial charge on any atom is 0.262 e. The van der Waals surface area contributed by atoms with Crippen molar-refractivity contribution in [1.29, 1.82) is 0 Å². The predicted octanol–water partition coefficient (Wildman–Crippen LogP) is 3.38. The number of ether oxygens (including phenoxy) is 1. The number of methoxy groups -OCH3 is 1. The van der Waals surface area contributed by atoms with Crippen molar-refractivity contribution in [2.45, 2.75) is 18.4 Å². The minimum atomic E-state index is -3.85. The Labute approximate surface area is 186 Å². The molecule has 0 spiro atoms. The third-order valence-corrected chi connectivity index (χ3v) is 5.89. The lowest BCUT2D eigenvalue weighted by Crippen LogP contribution is -2.23. The van der Waals surface area contributed by atoms with Gasteiger partial charge in [0.2, 0.25) is 5.91 Å². The molecule has 0 aliphatic rings. The molecule has 0 fully saturated rings. The quantitative estimate of drug-likeness (QED) is 0.484. The van der Waals surface area contributed by atoms with Crippen molar-refractivity contribution in [3.8, 4) is 5.75 Å². The third-order valence-electron chi connectivity index (χ3n) is 4.51. The molecule has 166 valence electrons. The van der Waals surface area contributed by atoms with Gasteiger partial charge in [-0.1, -0.05) is 24.3 Å². The van der Waals surface area contributed by atoms with Crippen molar-refractivity contribution in [1.82, 2.24) is 5.32 Å². The number of para-hydroxylation sites is 2. The number of carbonyl (C=O) groups excluding carboxylic acids is 2. The van der Waals surface area contributed by atoms with E-state index >= 15 is 0 Å². The van der Waals surface area contributed by atoms with Gasteiger partial charge in [-0.2, -0.15) is 0 Å². The van der Waals surface area contributed by atoms with E-state index in [0.29, 0.717) is 22.7 Å². The first-order chi connectivity index (χ1) is 15.3. The molecule has 3 aromatic carbocycles. The molecule has 8 nitrogen and oxygen atoms in total. The van der Waals surface area contributed by atoms with Crippen LogP contribution in [-0.4, -0.2) is 27.3 Å². The molecule has 0 saturated carbocycles. The summed E-state index contributed by atoms with van der Waals surface area (Å²) in [5, 5.41) is 5.45. The molecule has 3 rings (SSSR count). The van der Waals surface area contributed by atoms with Crippen molar-refractivity contribution in [2.75, 3.05) is 17.1 Å². The molecule has 3 aromatic rings. The van der Waals surface area contributed by atoms with E-state index < -0.39 is 10.0 Å². The number of sulfonamides is 1. The fraction of sp³-hybridized carbons (Fsp3) is 0.130. The van der Waals surface area contributed by atoms with Crippen LogP contribution in [0.2, 0.25) is 0 Å². The van der Waals surface area contributed by atoms with Gasteiger partial charge in [0, 0.05) is 24.7 Å². The summed E-state index contributed by atoms with van der Waals surface area (Å²) >= 11 is 0. The van der Waals surface area contributed by atoms with Gasteiger partial charge in [-0.05, 0) is 54.1 Å². The summed E-state index contributed by atoms with van der Waals surface area (Å²) < 4.78 is 33.0. The van der Waals surface area contributed by atoms with Gasteiger partial charge in [-0.15, -0.1) is 0 Å². The van der Waals surface area contributed by atoms with Crippen molar-refractivity contribution >= 4 is 33.2 Å². The molecule has 0 aliphatic heterocycles. The molecule has 3 N–H and O–H groups in total. The van der Waals surface area contributed by atoms with Crippen LogP contribution in [0.3, 0.4) is 0 Å². The molecule has 0 atom stereocenters. The fourth-order valence-electron chi connectivity index (χ4n) is 2.91. The van der Waals surface area contributed by atoms with Gasteiger partial charge in [0.25, 0.3) is 15.9 Å². The summed E-state index contributed by atoms with van der Waals surface area (Å²) in [4.78, 5) is 23.5. The van der Waals surface area contributed by atoms with Gasteiger partial charge in [0.1, 0.15) is 5.75 Å². The molecule has 9 heteroatoms. The van der Waals surface area contributed by atoms with Crippen LogP contribution >= 0.6 is 0 Å². The molecule has 0 heterocycles. The smallest absolute Gasteiger partial charge is 0.262 e. The van der Waals surface area contributed by atoms with Crippen molar-refractivity contribution in [2.24, 2.45) is 0 Å². The Morgan fingerprint density at radius 1 is 0.906 bits per heavy atom. The van der Waals surface area contributed by atoms with Crippen molar-refractivity contribution in [3.63, 3.8) is 0 Å². The largest absolute Gasteiger partial charge is 0.495 e. The average molecular weight is 454 g/mol. The molecule has 0 aromatic heterocycles. The number of hydrogen-bond donors (Lipinski definition) is 3. The molecule has 32 heavy (non-hydrogen) atoms. The van der Waals surface area contributed by atoms with E-state index in [1.165, 1.54) is 38.3 Å². The summed E-state index contributed by atoms with van der Waals surface area (Å²) in [6.07, 6.45) is 0. The van der Waals surface area contributed by atoms with Crippen LogP contribution in [0.1, 0.15) is 22.8 Å². The topological polar surface area (TPSA) is 114 Å². The minimum absolute atomic E-state index is 0.0218. The van der Waals surface area contributed by atoms with E-state index in [9.17, 15) is 18.0 Å². The Bertz CT molecular complexity index is 1210. The SMILES string of the molecule is COc1ccccc1NS(=O)(=O)c1ccc(C(=O)NCc2ccc(NC(C)=O)cc2)cc1. The Balaban J connectivity index is 1.63. The monoisotopic (exact) mass is 453 g/mol. The summed E-state index contributed by atoms with van der Waals surface area (Å²) in [7, 11) is -2.39. The van der Waals surface area contributed by atoms with E-state index in [4.69, 9.17) is 4.74 Å². The molecular formula is C23H23N3O5S. The Kier molecular flexibility index (Phi) is 7.11. The van der Waals surface area contributed by atoms with Crippen LogP contribution in [-0.2, 0) is 21.4 Å². The van der Waals surface area contributed by atoms with E-state index in [2.05, 4.69) is 15.4 Å². The maximum absolute atomic E-state index is 12.7. The van der Waals surface area contributed by atoms with Crippen LogP contribution < -0.4 is 20.1 Å². The van der Waals surface area contributed by atoms with E-state index in [1.54, 1.807) is 48.5 Å². The second-order valence-corrected chi connectivity index (χ2v) is 8.57. The summed E-state index contributed by atoms with van der Waals surface area (Å²) in [6, 6.07) is 19.4. The lowest BCUT2D eigenvalue weighted by Gasteiger charge is -2.12. The summed E-state index contributed by atoms with van der Waals surface area (Å²) in [5.74, 6) is -0.0932. The van der Waals surface area contributed by atoms with E-state index in [-0.39, 0.29) is 23.3 Å². The number of rotatable bonds is 8. The van der Waals surface area contributed by atoms with Crippen LogP contribution in [0.4, 0.5) is 11.4 Å². The summed E-state index contributed by atoms with van der Waals surface area (Å²) in [5.41, 5.74) is 2.18. The molecular weight excluding hydrogens is 430 g/mol.